The number of aromatic amines is 1. The number of H-pyrrole nitrogens is 1. The Morgan fingerprint density at radius 3 is 2.52 bits per heavy atom. The minimum absolute atomic E-state index is 0.0184. The molecular weight excluding hydrogens is 292 g/mol. The molecule has 2 rings (SSSR count). The van der Waals surface area contributed by atoms with E-state index >= 15 is 0 Å². The molecule has 0 unspecified atom stereocenters. The first-order valence-corrected chi connectivity index (χ1v) is 8.20. The zero-order valence-corrected chi connectivity index (χ0v) is 13.2. The topological polar surface area (TPSA) is 88.1 Å². The number of benzene rings is 1. The molecule has 0 fully saturated rings. The molecule has 1 N–H and O–H groups in total. The smallest absolute Gasteiger partial charge is 0.246 e. The summed E-state index contributed by atoms with van der Waals surface area (Å²) >= 11 is 0. The third kappa shape index (κ3) is 3.22. The van der Waals surface area contributed by atoms with Crippen LogP contribution >= 0.6 is 0 Å². The second-order valence-corrected chi connectivity index (χ2v) is 7.16. The second-order valence-electron chi connectivity index (χ2n) is 5.07. The lowest BCUT2D eigenvalue weighted by molar-refractivity contribution is 0.458. The van der Waals surface area contributed by atoms with Crippen LogP contribution in [0, 0.1) is 13.8 Å². The van der Waals surface area contributed by atoms with E-state index in [0.717, 1.165) is 21.7 Å². The van der Waals surface area contributed by atoms with Gasteiger partial charge in [-0.3, -0.25) is 0 Å². The van der Waals surface area contributed by atoms with Gasteiger partial charge < -0.3 is 0 Å². The fourth-order valence-corrected chi connectivity index (χ4v) is 2.23. The number of nitrogens with one attached hydrogen (secondary N) is 1. The fraction of sp³-hybridized carbons (Fsp3) is 0.385. The van der Waals surface area contributed by atoms with Gasteiger partial charge in [0.15, 0.2) is 5.82 Å². The standard InChI is InChI=1S/C13H18N4O3S/c1-9-5-6-11(7-10(9)2)17-12(14-15-13(17)18)8-16(3)21(4,19)20/h5-7H,8H2,1-4H3,(H,15,18). The fourth-order valence-electron chi connectivity index (χ4n) is 1.88. The van der Waals surface area contributed by atoms with Crippen molar-refractivity contribution in [3.63, 3.8) is 0 Å². The Morgan fingerprint density at radius 1 is 1.29 bits per heavy atom. The number of nitrogens with zero attached hydrogens (tertiary/aromatic N) is 3. The van der Waals surface area contributed by atoms with Crippen molar-refractivity contribution in [1.29, 1.82) is 0 Å². The maximum absolute atomic E-state index is 11.9. The predicted octanol–water partition coefficient (Wildman–Crippen LogP) is 0.569. The first-order chi connectivity index (χ1) is 9.70. The highest BCUT2D eigenvalue weighted by Crippen LogP contribution is 2.14. The Hall–Kier alpha value is -1.93. The van der Waals surface area contributed by atoms with Crippen LogP contribution in [0.4, 0.5) is 0 Å². The summed E-state index contributed by atoms with van der Waals surface area (Å²) in [6.07, 6.45) is 1.11. The van der Waals surface area contributed by atoms with Crippen LogP contribution in [-0.2, 0) is 16.6 Å². The monoisotopic (exact) mass is 310 g/mol. The van der Waals surface area contributed by atoms with Gasteiger partial charge in [0, 0.05) is 7.05 Å². The van der Waals surface area contributed by atoms with Crippen molar-refractivity contribution < 1.29 is 8.42 Å². The molecule has 0 atom stereocenters. The summed E-state index contributed by atoms with van der Waals surface area (Å²) in [5, 5.41) is 6.28. The second kappa shape index (κ2) is 5.45. The van der Waals surface area contributed by atoms with Crippen LogP contribution in [0.25, 0.3) is 5.69 Å². The van der Waals surface area contributed by atoms with Gasteiger partial charge in [-0.2, -0.15) is 9.40 Å². The summed E-state index contributed by atoms with van der Waals surface area (Å²) in [4.78, 5) is 11.9. The molecule has 21 heavy (non-hydrogen) atoms. The van der Waals surface area contributed by atoms with Crippen molar-refractivity contribution in [3.05, 3.63) is 45.6 Å². The summed E-state index contributed by atoms with van der Waals surface area (Å²) in [6, 6.07) is 5.59. The SMILES string of the molecule is Cc1ccc(-n2c(CN(C)S(C)(=O)=O)n[nH]c2=O)cc1C. The molecule has 1 aromatic heterocycles. The summed E-state index contributed by atoms with van der Waals surface area (Å²) in [5.74, 6) is 0.344. The van der Waals surface area contributed by atoms with Crippen LogP contribution in [0.15, 0.2) is 23.0 Å². The Morgan fingerprint density at radius 2 is 1.95 bits per heavy atom. The molecule has 0 aliphatic rings. The lowest BCUT2D eigenvalue weighted by Crippen LogP contribution is -2.27. The quantitative estimate of drug-likeness (QED) is 0.894. The van der Waals surface area contributed by atoms with Gasteiger partial charge in [0.25, 0.3) is 0 Å². The van der Waals surface area contributed by atoms with Gasteiger partial charge in [0.05, 0.1) is 18.5 Å². The van der Waals surface area contributed by atoms with Crippen LogP contribution in [0.2, 0.25) is 0 Å². The summed E-state index contributed by atoms with van der Waals surface area (Å²) in [6.45, 7) is 3.95. The van der Waals surface area contributed by atoms with Gasteiger partial charge in [0.1, 0.15) is 0 Å². The number of hydrogen-bond acceptors (Lipinski definition) is 4. The number of sulfonamides is 1. The molecule has 0 radical (unpaired) electrons. The van der Waals surface area contributed by atoms with Crippen molar-refractivity contribution in [2.45, 2.75) is 20.4 Å². The Kier molecular flexibility index (Phi) is 4.02. The van der Waals surface area contributed by atoms with Crippen molar-refractivity contribution in [2.75, 3.05) is 13.3 Å². The Balaban J connectivity index is 2.48. The van der Waals surface area contributed by atoms with Gasteiger partial charge in [-0.25, -0.2) is 22.9 Å². The molecule has 0 saturated carbocycles. The molecule has 0 bridgehead atoms. The largest absolute Gasteiger partial charge is 0.347 e. The first-order valence-electron chi connectivity index (χ1n) is 6.35. The molecule has 0 spiro atoms. The Labute approximate surface area is 123 Å². The van der Waals surface area contributed by atoms with E-state index in [1.54, 1.807) is 0 Å². The van der Waals surface area contributed by atoms with Gasteiger partial charge in [-0.05, 0) is 37.1 Å². The Bertz CT molecular complexity index is 820. The number of aromatic nitrogens is 3. The third-order valence-corrected chi connectivity index (χ3v) is 4.68. The highest BCUT2D eigenvalue weighted by Gasteiger charge is 2.17. The predicted molar refractivity (Wildman–Crippen MR) is 80.0 cm³/mol. The van der Waals surface area contributed by atoms with Crippen LogP contribution in [-0.4, -0.2) is 40.8 Å². The zero-order valence-electron chi connectivity index (χ0n) is 12.4. The zero-order chi connectivity index (χ0) is 15.8. The van der Waals surface area contributed by atoms with E-state index in [4.69, 9.17) is 0 Å². The molecule has 7 nitrogen and oxygen atoms in total. The van der Waals surface area contributed by atoms with E-state index in [1.807, 2.05) is 32.0 Å². The van der Waals surface area contributed by atoms with E-state index in [2.05, 4.69) is 10.2 Å². The van der Waals surface area contributed by atoms with Crippen LogP contribution < -0.4 is 5.69 Å². The van der Waals surface area contributed by atoms with E-state index in [0.29, 0.717) is 11.5 Å². The van der Waals surface area contributed by atoms with E-state index in [-0.39, 0.29) is 6.54 Å². The molecule has 1 heterocycles. The summed E-state index contributed by atoms with van der Waals surface area (Å²) < 4.78 is 25.5. The lowest BCUT2D eigenvalue weighted by Gasteiger charge is -2.14. The lowest BCUT2D eigenvalue weighted by atomic mass is 10.1. The highest BCUT2D eigenvalue weighted by molar-refractivity contribution is 7.88. The van der Waals surface area contributed by atoms with Gasteiger partial charge in [0.2, 0.25) is 10.0 Å². The molecule has 0 aliphatic heterocycles. The van der Waals surface area contributed by atoms with Crippen molar-refractivity contribution in [2.24, 2.45) is 0 Å². The minimum Gasteiger partial charge on any atom is -0.246 e. The minimum atomic E-state index is -3.34. The number of hydrogen-bond donors (Lipinski definition) is 1. The molecule has 0 saturated heterocycles. The number of aryl methyl sites for hydroxylation is 2. The molecular formula is C13H18N4O3S. The molecule has 114 valence electrons. The van der Waals surface area contributed by atoms with Crippen LogP contribution in [0.1, 0.15) is 17.0 Å². The van der Waals surface area contributed by atoms with E-state index < -0.39 is 15.7 Å². The highest BCUT2D eigenvalue weighted by atomic mass is 32.2. The van der Waals surface area contributed by atoms with E-state index in [9.17, 15) is 13.2 Å². The van der Waals surface area contributed by atoms with Crippen LogP contribution in [0.5, 0.6) is 0 Å². The van der Waals surface area contributed by atoms with Crippen molar-refractivity contribution in [3.8, 4) is 5.69 Å². The van der Waals surface area contributed by atoms with Crippen molar-refractivity contribution >= 4 is 10.0 Å². The molecule has 0 aliphatic carbocycles. The normalized spacial score (nSPS) is 12.0. The van der Waals surface area contributed by atoms with Gasteiger partial charge in [-0.15, -0.1) is 0 Å². The van der Waals surface area contributed by atoms with Crippen LogP contribution in [0.3, 0.4) is 0 Å². The molecule has 1 aromatic carbocycles. The van der Waals surface area contributed by atoms with Gasteiger partial charge in [-0.1, -0.05) is 6.07 Å². The first kappa shape index (κ1) is 15.5. The maximum Gasteiger partial charge on any atom is 0.347 e. The molecule has 8 heteroatoms. The average Bonchev–Trinajstić information content (AvgIpc) is 2.73. The average molecular weight is 310 g/mol. The van der Waals surface area contributed by atoms with Crippen molar-refractivity contribution in [1.82, 2.24) is 19.1 Å². The third-order valence-electron chi connectivity index (χ3n) is 3.42. The summed E-state index contributed by atoms with van der Waals surface area (Å²) in [5.41, 5.74) is 2.43. The van der Waals surface area contributed by atoms with E-state index in [1.165, 1.54) is 11.6 Å². The summed E-state index contributed by atoms with van der Waals surface area (Å²) in [7, 11) is -1.90. The maximum atomic E-state index is 11.9. The molecule has 2 aromatic rings. The van der Waals surface area contributed by atoms with Gasteiger partial charge >= 0.3 is 5.69 Å². The molecule has 0 amide bonds. The number of rotatable bonds is 4.